The van der Waals surface area contributed by atoms with Crippen LogP contribution in [0.15, 0.2) is 48.5 Å². The zero-order valence-corrected chi connectivity index (χ0v) is 13.8. The van der Waals surface area contributed by atoms with E-state index in [1.165, 1.54) is 7.11 Å². The van der Waals surface area contributed by atoms with Gasteiger partial charge in [-0.1, -0.05) is 30.3 Å². The summed E-state index contributed by atoms with van der Waals surface area (Å²) in [5.74, 6) is -2.57. The normalized spacial score (nSPS) is 11.6. The van der Waals surface area contributed by atoms with Crippen molar-refractivity contribution in [1.82, 2.24) is 5.32 Å². The zero-order valence-electron chi connectivity index (χ0n) is 13.8. The third-order valence-electron chi connectivity index (χ3n) is 3.67. The standard InChI is InChI=1S/C19H19F2NO3/c1-25-19(24)17(8-7-13-5-3-2-4-6-13)22-18(23)11-14-9-15(20)12-16(21)10-14/h2-6,9-10,12,17H,7-8,11H2,1H3,(H,22,23)/t17-/m0/s1. The Morgan fingerprint density at radius 1 is 1.04 bits per heavy atom. The largest absolute Gasteiger partial charge is 0.467 e. The highest BCUT2D eigenvalue weighted by Crippen LogP contribution is 2.10. The zero-order chi connectivity index (χ0) is 18.2. The Kier molecular flexibility index (Phi) is 6.62. The molecule has 2 aromatic carbocycles. The second-order valence-electron chi connectivity index (χ2n) is 5.62. The minimum atomic E-state index is -0.823. The Bertz CT molecular complexity index is 714. The number of aryl methyl sites for hydroxylation is 1. The van der Waals surface area contributed by atoms with Crippen molar-refractivity contribution in [3.05, 3.63) is 71.3 Å². The highest BCUT2D eigenvalue weighted by atomic mass is 19.1. The molecule has 0 aliphatic rings. The van der Waals surface area contributed by atoms with Crippen LogP contribution in [-0.4, -0.2) is 25.0 Å². The summed E-state index contributed by atoms with van der Waals surface area (Å²) in [6.07, 6.45) is 0.711. The van der Waals surface area contributed by atoms with Crippen LogP contribution in [0.2, 0.25) is 0 Å². The van der Waals surface area contributed by atoms with E-state index in [1.54, 1.807) is 0 Å². The van der Waals surface area contributed by atoms with Crippen LogP contribution in [0.5, 0.6) is 0 Å². The topological polar surface area (TPSA) is 55.4 Å². The molecule has 0 bridgehead atoms. The first-order valence-corrected chi connectivity index (χ1v) is 7.84. The molecule has 0 fully saturated rings. The van der Waals surface area contributed by atoms with Gasteiger partial charge in [-0.3, -0.25) is 4.79 Å². The van der Waals surface area contributed by atoms with Gasteiger partial charge in [0.1, 0.15) is 17.7 Å². The van der Waals surface area contributed by atoms with Crippen molar-refractivity contribution in [2.24, 2.45) is 0 Å². The Morgan fingerprint density at radius 2 is 1.68 bits per heavy atom. The molecule has 1 amide bonds. The first kappa shape index (κ1) is 18.6. The van der Waals surface area contributed by atoms with Crippen molar-refractivity contribution in [2.75, 3.05) is 7.11 Å². The molecule has 0 saturated carbocycles. The number of methoxy groups -OCH3 is 1. The van der Waals surface area contributed by atoms with Crippen molar-refractivity contribution in [1.29, 1.82) is 0 Å². The fourth-order valence-electron chi connectivity index (χ4n) is 2.49. The molecule has 1 N–H and O–H groups in total. The molecule has 6 heteroatoms. The summed E-state index contributed by atoms with van der Waals surface area (Å²) < 4.78 is 31.1. The maximum Gasteiger partial charge on any atom is 0.328 e. The Morgan fingerprint density at radius 3 is 2.28 bits per heavy atom. The molecule has 0 spiro atoms. The number of amides is 1. The minimum absolute atomic E-state index is 0.196. The van der Waals surface area contributed by atoms with Crippen LogP contribution < -0.4 is 5.32 Å². The van der Waals surface area contributed by atoms with Gasteiger partial charge in [-0.25, -0.2) is 13.6 Å². The predicted octanol–water partition coefficient (Wildman–Crippen LogP) is 2.80. The molecule has 0 heterocycles. The van der Waals surface area contributed by atoms with E-state index in [9.17, 15) is 18.4 Å². The van der Waals surface area contributed by atoms with Gasteiger partial charge in [-0.15, -0.1) is 0 Å². The van der Waals surface area contributed by atoms with Gasteiger partial charge >= 0.3 is 5.97 Å². The van der Waals surface area contributed by atoms with Crippen molar-refractivity contribution in [3.8, 4) is 0 Å². The van der Waals surface area contributed by atoms with E-state index in [0.717, 1.165) is 23.8 Å². The summed E-state index contributed by atoms with van der Waals surface area (Å²) in [7, 11) is 1.24. The Balaban J connectivity index is 1.98. The van der Waals surface area contributed by atoms with Crippen LogP contribution in [0, 0.1) is 11.6 Å². The number of nitrogens with one attached hydrogen (secondary N) is 1. The van der Waals surface area contributed by atoms with Gasteiger partial charge in [0.15, 0.2) is 0 Å². The van der Waals surface area contributed by atoms with Gasteiger partial charge in [-0.05, 0) is 36.1 Å². The van der Waals surface area contributed by atoms with Crippen LogP contribution >= 0.6 is 0 Å². The average molecular weight is 347 g/mol. The molecule has 0 unspecified atom stereocenters. The molecule has 0 radical (unpaired) electrons. The molecule has 1 atom stereocenters. The average Bonchev–Trinajstić information content (AvgIpc) is 2.57. The van der Waals surface area contributed by atoms with Crippen molar-refractivity contribution < 1.29 is 23.1 Å². The maximum atomic E-state index is 13.2. The highest BCUT2D eigenvalue weighted by Gasteiger charge is 2.21. The molecule has 0 aliphatic heterocycles. The molecule has 2 aromatic rings. The van der Waals surface area contributed by atoms with Crippen molar-refractivity contribution in [3.63, 3.8) is 0 Å². The quantitative estimate of drug-likeness (QED) is 0.784. The lowest BCUT2D eigenvalue weighted by Crippen LogP contribution is -2.42. The Hall–Kier alpha value is -2.76. The fourth-order valence-corrected chi connectivity index (χ4v) is 2.49. The summed E-state index contributed by atoms with van der Waals surface area (Å²) in [6, 6.07) is 11.6. The Labute approximate surface area is 144 Å². The summed E-state index contributed by atoms with van der Waals surface area (Å²) in [5, 5.41) is 2.57. The number of esters is 1. The first-order valence-electron chi connectivity index (χ1n) is 7.84. The second kappa shape index (κ2) is 8.92. The van der Waals surface area contributed by atoms with Crippen molar-refractivity contribution in [2.45, 2.75) is 25.3 Å². The number of benzene rings is 2. The molecule has 0 saturated heterocycles. The number of hydrogen-bond donors (Lipinski definition) is 1. The van der Waals surface area contributed by atoms with Gasteiger partial charge in [-0.2, -0.15) is 0 Å². The van der Waals surface area contributed by atoms with Crippen LogP contribution in [0.25, 0.3) is 0 Å². The molecule has 0 aliphatic carbocycles. The van der Waals surface area contributed by atoms with Gasteiger partial charge in [0.2, 0.25) is 5.91 Å². The molecule has 2 rings (SSSR count). The number of carbonyl (C=O) groups excluding carboxylic acids is 2. The number of halogens is 2. The van der Waals surface area contributed by atoms with Gasteiger partial charge in [0.25, 0.3) is 0 Å². The highest BCUT2D eigenvalue weighted by molar-refractivity contribution is 5.85. The van der Waals surface area contributed by atoms with E-state index in [-0.39, 0.29) is 12.0 Å². The molecule has 132 valence electrons. The second-order valence-corrected chi connectivity index (χ2v) is 5.62. The van der Waals surface area contributed by atoms with Gasteiger partial charge in [0.05, 0.1) is 13.5 Å². The molecular formula is C19H19F2NO3. The SMILES string of the molecule is COC(=O)[C@H](CCc1ccccc1)NC(=O)Cc1cc(F)cc(F)c1. The number of hydrogen-bond acceptors (Lipinski definition) is 3. The van der Waals surface area contributed by atoms with E-state index in [0.29, 0.717) is 12.8 Å². The summed E-state index contributed by atoms with van der Waals surface area (Å²) in [4.78, 5) is 24.0. The van der Waals surface area contributed by atoms with E-state index in [4.69, 9.17) is 4.74 Å². The number of rotatable bonds is 7. The summed E-state index contributed by atoms with van der Waals surface area (Å²) in [6.45, 7) is 0. The first-order chi connectivity index (χ1) is 12.0. The third kappa shape index (κ3) is 5.99. The van der Waals surface area contributed by atoms with Gasteiger partial charge < -0.3 is 10.1 Å². The molecule has 4 nitrogen and oxygen atoms in total. The maximum absolute atomic E-state index is 13.2. The van der Waals surface area contributed by atoms with E-state index in [2.05, 4.69) is 5.32 Å². The lowest BCUT2D eigenvalue weighted by atomic mass is 10.0. The van der Waals surface area contributed by atoms with Crippen molar-refractivity contribution >= 4 is 11.9 Å². The third-order valence-corrected chi connectivity index (χ3v) is 3.67. The lowest BCUT2D eigenvalue weighted by Gasteiger charge is -2.16. The molecular weight excluding hydrogens is 328 g/mol. The van der Waals surface area contributed by atoms with E-state index >= 15 is 0 Å². The van der Waals surface area contributed by atoms with Crippen LogP contribution in [-0.2, 0) is 27.2 Å². The lowest BCUT2D eigenvalue weighted by molar-refractivity contribution is -0.145. The van der Waals surface area contributed by atoms with Crippen LogP contribution in [0.4, 0.5) is 8.78 Å². The van der Waals surface area contributed by atoms with E-state index in [1.807, 2.05) is 30.3 Å². The minimum Gasteiger partial charge on any atom is -0.467 e. The molecule has 25 heavy (non-hydrogen) atoms. The predicted molar refractivity (Wildman–Crippen MR) is 88.8 cm³/mol. The molecule has 0 aromatic heterocycles. The summed E-state index contributed by atoms with van der Waals surface area (Å²) >= 11 is 0. The number of ether oxygens (including phenoxy) is 1. The van der Waals surface area contributed by atoms with Crippen LogP contribution in [0.3, 0.4) is 0 Å². The summed E-state index contributed by atoms with van der Waals surface area (Å²) in [5.41, 5.74) is 1.22. The number of carbonyl (C=O) groups is 2. The van der Waals surface area contributed by atoms with E-state index < -0.39 is 29.6 Å². The van der Waals surface area contributed by atoms with Crippen LogP contribution in [0.1, 0.15) is 17.5 Å². The monoisotopic (exact) mass is 347 g/mol. The fraction of sp³-hybridized carbons (Fsp3) is 0.263. The smallest absolute Gasteiger partial charge is 0.328 e. The van der Waals surface area contributed by atoms with Gasteiger partial charge in [0, 0.05) is 6.07 Å².